The Kier molecular flexibility index (Phi) is 4.08. The topological polar surface area (TPSA) is 25.8 Å². The zero-order valence-corrected chi connectivity index (χ0v) is 11.4. The molecule has 0 aliphatic rings. The van der Waals surface area contributed by atoms with Crippen LogP contribution >= 0.6 is 21.5 Å². The van der Waals surface area contributed by atoms with Crippen LogP contribution in [0.25, 0.3) is 22.0 Å². The molecule has 0 saturated carbocycles. The Hall–Kier alpha value is -1.57. The Morgan fingerprint density at radius 3 is 2.37 bits per heavy atom. The van der Waals surface area contributed by atoms with Gasteiger partial charge in [-0.15, -0.1) is 0 Å². The fourth-order valence-corrected chi connectivity index (χ4v) is 2.04. The van der Waals surface area contributed by atoms with Crippen LogP contribution in [0.15, 0.2) is 48.7 Å². The van der Waals surface area contributed by atoms with Gasteiger partial charge in [0.15, 0.2) is 0 Å². The summed E-state index contributed by atoms with van der Waals surface area (Å²) in [7, 11) is 0. The minimum atomic E-state index is -0.247. The third-order valence-electron chi connectivity index (χ3n) is 2.77. The molecule has 5 heteroatoms. The SMILES string of the molecule is Fc1ccc(-c2ccc3nncc(Cl)c3c2)cc1.[P+5]. The number of aromatic nitrogens is 2. The van der Waals surface area contributed by atoms with Gasteiger partial charge in [0.1, 0.15) is 5.82 Å². The number of rotatable bonds is 1. The molecule has 3 rings (SSSR count). The smallest absolute Gasteiger partial charge is 0.207 e. The Balaban J connectivity index is 0.00000133. The van der Waals surface area contributed by atoms with Crippen molar-refractivity contribution in [1.29, 1.82) is 0 Å². The predicted octanol–water partition coefficient (Wildman–Crippen LogP) is 4.95. The van der Waals surface area contributed by atoms with Crippen LogP contribution in [0.2, 0.25) is 5.02 Å². The molecule has 0 N–H and O–H groups in total. The summed E-state index contributed by atoms with van der Waals surface area (Å²) in [6, 6.07) is 12.0. The third-order valence-corrected chi connectivity index (χ3v) is 3.07. The molecule has 0 aliphatic heterocycles. The van der Waals surface area contributed by atoms with E-state index in [0.717, 1.165) is 22.0 Å². The number of nitrogens with zero attached hydrogens (tertiary/aromatic N) is 2. The molecule has 3 aromatic rings. The first kappa shape index (κ1) is 13.9. The van der Waals surface area contributed by atoms with E-state index in [1.54, 1.807) is 12.1 Å². The zero-order valence-electron chi connectivity index (χ0n) is 9.72. The fraction of sp³-hybridized carbons (Fsp3) is 0. The minimum absolute atomic E-state index is 0. The summed E-state index contributed by atoms with van der Waals surface area (Å²) in [5.41, 5.74) is 2.65. The molecule has 0 saturated heterocycles. The summed E-state index contributed by atoms with van der Waals surface area (Å²) in [6.45, 7) is 0. The first-order valence-electron chi connectivity index (χ1n) is 5.41. The third kappa shape index (κ3) is 2.73. The minimum Gasteiger partial charge on any atom is -0.207 e. The number of hydrogen-bond donors (Lipinski definition) is 0. The quantitative estimate of drug-likeness (QED) is 0.592. The number of benzene rings is 2. The van der Waals surface area contributed by atoms with Crippen LogP contribution < -0.4 is 0 Å². The van der Waals surface area contributed by atoms with Gasteiger partial charge in [-0.25, -0.2) is 4.39 Å². The van der Waals surface area contributed by atoms with Gasteiger partial charge in [-0.3, -0.25) is 0 Å². The average molecular weight is 290 g/mol. The van der Waals surface area contributed by atoms with Crippen molar-refractivity contribution in [3.63, 3.8) is 0 Å². The molecule has 2 nitrogen and oxygen atoms in total. The second kappa shape index (κ2) is 5.60. The molecule has 0 radical (unpaired) electrons. The van der Waals surface area contributed by atoms with Crippen LogP contribution in [-0.2, 0) is 0 Å². The van der Waals surface area contributed by atoms with Crippen molar-refractivity contribution in [2.24, 2.45) is 0 Å². The van der Waals surface area contributed by atoms with Crippen molar-refractivity contribution in [3.05, 3.63) is 59.5 Å². The van der Waals surface area contributed by atoms with Crippen molar-refractivity contribution in [2.75, 3.05) is 0 Å². The van der Waals surface area contributed by atoms with E-state index in [4.69, 9.17) is 11.6 Å². The van der Waals surface area contributed by atoms with Crippen LogP contribution in [0.4, 0.5) is 4.39 Å². The molecule has 0 aliphatic carbocycles. The van der Waals surface area contributed by atoms with Crippen molar-refractivity contribution < 1.29 is 4.39 Å². The van der Waals surface area contributed by atoms with Crippen LogP contribution in [0.5, 0.6) is 0 Å². The van der Waals surface area contributed by atoms with Gasteiger partial charge in [0.2, 0.25) is 0 Å². The zero-order chi connectivity index (χ0) is 12.5. The number of fused-ring (bicyclic) bond motifs is 1. The fourth-order valence-electron chi connectivity index (χ4n) is 1.85. The van der Waals surface area contributed by atoms with E-state index in [1.165, 1.54) is 18.3 Å². The molecular weight excluding hydrogens is 282 g/mol. The summed E-state index contributed by atoms with van der Waals surface area (Å²) in [4.78, 5) is 0. The molecule has 1 heterocycles. The summed E-state index contributed by atoms with van der Waals surface area (Å²) >= 11 is 6.08. The average Bonchev–Trinajstić information content (AvgIpc) is 2.40. The van der Waals surface area contributed by atoms with Crippen LogP contribution in [0.1, 0.15) is 0 Å². The Morgan fingerprint density at radius 2 is 1.63 bits per heavy atom. The molecular formula is C14H8ClFN2P+5. The molecule has 1 aromatic heterocycles. The molecule has 0 spiro atoms. The number of halogens is 2. The Labute approximate surface area is 118 Å². The largest absolute Gasteiger partial charge is 5.00 e. The molecule has 0 bridgehead atoms. The second-order valence-corrected chi connectivity index (χ2v) is 4.34. The Morgan fingerprint density at radius 1 is 0.947 bits per heavy atom. The van der Waals surface area contributed by atoms with E-state index in [1.807, 2.05) is 18.2 Å². The first-order valence-corrected chi connectivity index (χ1v) is 5.79. The van der Waals surface area contributed by atoms with Crippen molar-refractivity contribution in [3.8, 4) is 11.1 Å². The van der Waals surface area contributed by atoms with Crippen molar-refractivity contribution in [1.82, 2.24) is 10.2 Å². The van der Waals surface area contributed by atoms with Gasteiger partial charge < -0.3 is 0 Å². The van der Waals surface area contributed by atoms with E-state index in [9.17, 15) is 4.39 Å². The molecule has 19 heavy (non-hydrogen) atoms. The van der Waals surface area contributed by atoms with Crippen LogP contribution in [0.3, 0.4) is 0 Å². The van der Waals surface area contributed by atoms with E-state index in [2.05, 4.69) is 10.2 Å². The van der Waals surface area contributed by atoms with Crippen molar-refractivity contribution >= 4 is 32.4 Å². The van der Waals surface area contributed by atoms with E-state index >= 15 is 0 Å². The molecule has 88 valence electrons. The molecule has 0 fully saturated rings. The normalized spacial score (nSPS) is 10.2. The van der Waals surface area contributed by atoms with E-state index in [-0.39, 0.29) is 15.7 Å². The van der Waals surface area contributed by atoms with Gasteiger partial charge in [-0.2, -0.15) is 10.2 Å². The summed E-state index contributed by atoms with van der Waals surface area (Å²) in [5.74, 6) is -0.247. The molecule has 2 aromatic carbocycles. The Bertz CT molecular complexity index is 716. The predicted molar refractivity (Wildman–Crippen MR) is 76.9 cm³/mol. The summed E-state index contributed by atoms with van der Waals surface area (Å²) in [6.07, 6.45) is 1.51. The number of hydrogen-bond acceptors (Lipinski definition) is 2. The maximum absolute atomic E-state index is 12.9. The van der Waals surface area contributed by atoms with Crippen LogP contribution in [0, 0.1) is 5.82 Å². The standard InChI is InChI=1S/C14H8ClFN2.P/c15-13-8-17-18-14-6-3-10(7-12(13)14)9-1-4-11(16)5-2-9;/h1-8H;/q;+5. The molecule has 0 unspecified atom stereocenters. The molecule has 0 amide bonds. The van der Waals surface area contributed by atoms with Crippen molar-refractivity contribution in [2.45, 2.75) is 0 Å². The van der Waals surface area contributed by atoms with E-state index in [0.29, 0.717) is 5.02 Å². The van der Waals surface area contributed by atoms with Gasteiger partial charge in [-0.05, 0) is 35.4 Å². The second-order valence-electron chi connectivity index (χ2n) is 3.93. The maximum atomic E-state index is 12.9. The van der Waals surface area contributed by atoms with Gasteiger partial charge in [-0.1, -0.05) is 29.8 Å². The summed E-state index contributed by atoms with van der Waals surface area (Å²) in [5, 5.41) is 9.19. The van der Waals surface area contributed by atoms with Crippen LogP contribution in [-0.4, -0.2) is 10.2 Å². The molecule has 0 atom stereocenters. The van der Waals surface area contributed by atoms with Gasteiger partial charge in [0.25, 0.3) is 0 Å². The van der Waals surface area contributed by atoms with E-state index < -0.39 is 0 Å². The van der Waals surface area contributed by atoms with Gasteiger partial charge in [0, 0.05) is 5.39 Å². The monoisotopic (exact) mass is 289 g/mol. The summed E-state index contributed by atoms with van der Waals surface area (Å²) < 4.78 is 12.9. The van der Waals surface area contributed by atoms with Gasteiger partial charge in [0.05, 0.1) is 16.7 Å². The van der Waals surface area contributed by atoms with Gasteiger partial charge >= 0.3 is 9.90 Å². The maximum Gasteiger partial charge on any atom is 5.00 e. The first-order chi connectivity index (χ1) is 8.74.